The Bertz CT molecular complexity index is 1170. The van der Waals surface area contributed by atoms with Crippen molar-refractivity contribution >= 4 is 34.4 Å². The summed E-state index contributed by atoms with van der Waals surface area (Å²) in [6.07, 6.45) is 4.09. The molecule has 2 aromatic heterocycles. The van der Waals surface area contributed by atoms with E-state index in [1.165, 1.54) is 18.1 Å². The summed E-state index contributed by atoms with van der Waals surface area (Å²) < 4.78 is 6.96. The van der Waals surface area contributed by atoms with Crippen LogP contribution in [0.5, 0.6) is 5.75 Å². The number of hydrogen-bond donors (Lipinski definition) is 1. The van der Waals surface area contributed by atoms with Crippen molar-refractivity contribution in [1.29, 1.82) is 0 Å². The number of nitrogens with zero attached hydrogens (tertiary/aromatic N) is 4. The van der Waals surface area contributed by atoms with Crippen LogP contribution in [-0.4, -0.2) is 38.5 Å². The summed E-state index contributed by atoms with van der Waals surface area (Å²) in [6.45, 7) is 2.07. The van der Waals surface area contributed by atoms with Gasteiger partial charge in [-0.3, -0.25) is 4.79 Å². The average molecular weight is 420 g/mol. The highest BCUT2D eigenvalue weighted by atomic mass is 32.2. The molecular formula is C22H21N5O2S. The number of carbonyl (C=O) groups is 1. The molecule has 0 saturated heterocycles. The molecule has 152 valence electrons. The molecule has 0 saturated carbocycles. The molecule has 1 amide bonds. The van der Waals surface area contributed by atoms with Gasteiger partial charge >= 0.3 is 0 Å². The predicted octanol–water partition coefficient (Wildman–Crippen LogP) is 4.12. The Morgan fingerprint density at radius 2 is 1.93 bits per heavy atom. The molecule has 0 unspecified atom stereocenters. The Morgan fingerprint density at radius 1 is 1.13 bits per heavy atom. The number of benzene rings is 2. The first kappa shape index (κ1) is 19.9. The fourth-order valence-electron chi connectivity index (χ4n) is 3.12. The second kappa shape index (κ2) is 8.96. The predicted molar refractivity (Wildman–Crippen MR) is 118 cm³/mol. The van der Waals surface area contributed by atoms with E-state index >= 15 is 0 Å². The molecule has 2 aromatic carbocycles. The van der Waals surface area contributed by atoms with E-state index in [1.54, 1.807) is 18.0 Å². The van der Waals surface area contributed by atoms with Gasteiger partial charge in [-0.15, -0.1) is 0 Å². The summed E-state index contributed by atoms with van der Waals surface area (Å²) in [4.78, 5) is 21.2. The van der Waals surface area contributed by atoms with Crippen molar-refractivity contribution in [3.8, 4) is 11.4 Å². The van der Waals surface area contributed by atoms with Crippen molar-refractivity contribution in [3.63, 3.8) is 0 Å². The van der Waals surface area contributed by atoms with E-state index in [9.17, 15) is 4.79 Å². The molecule has 30 heavy (non-hydrogen) atoms. The van der Waals surface area contributed by atoms with Gasteiger partial charge in [-0.25, -0.2) is 14.6 Å². The molecule has 7 nitrogen and oxygen atoms in total. The average Bonchev–Trinajstić information content (AvgIpc) is 3.23. The zero-order valence-electron chi connectivity index (χ0n) is 16.7. The van der Waals surface area contributed by atoms with Gasteiger partial charge in [0.15, 0.2) is 5.65 Å². The number of hydrogen-bond acceptors (Lipinski definition) is 6. The van der Waals surface area contributed by atoms with Gasteiger partial charge in [-0.2, -0.15) is 5.10 Å². The first-order valence-corrected chi connectivity index (χ1v) is 10.5. The first-order chi connectivity index (χ1) is 14.7. The lowest BCUT2D eigenvalue weighted by Gasteiger charge is -2.09. The number of ether oxygens (including phenoxy) is 1. The minimum Gasteiger partial charge on any atom is -0.497 e. The Morgan fingerprint density at radius 3 is 2.70 bits per heavy atom. The lowest BCUT2D eigenvalue weighted by Crippen LogP contribution is -2.15. The zero-order chi connectivity index (χ0) is 20.9. The second-order valence-electron chi connectivity index (χ2n) is 6.52. The fourth-order valence-corrected chi connectivity index (χ4v) is 3.88. The number of methoxy groups -OCH3 is 1. The maximum atomic E-state index is 12.5. The second-order valence-corrected chi connectivity index (χ2v) is 7.48. The van der Waals surface area contributed by atoms with E-state index in [1.807, 2.05) is 48.5 Å². The van der Waals surface area contributed by atoms with E-state index in [2.05, 4.69) is 27.3 Å². The van der Waals surface area contributed by atoms with E-state index in [-0.39, 0.29) is 11.7 Å². The van der Waals surface area contributed by atoms with E-state index < -0.39 is 0 Å². The SMILES string of the molecule is CCc1ccccc1NC(=O)CSc1ncnc2c1cnn2-c1ccc(OC)cc1. The Balaban J connectivity index is 1.51. The molecule has 0 aliphatic rings. The number of thioether (sulfide) groups is 1. The third kappa shape index (κ3) is 4.13. The highest BCUT2D eigenvalue weighted by Gasteiger charge is 2.14. The maximum Gasteiger partial charge on any atom is 0.234 e. The van der Waals surface area contributed by atoms with Gasteiger partial charge in [-0.05, 0) is 42.3 Å². The van der Waals surface area contributed by atoms with E-state index in [0.717, 1.165) is 39.5 Å². The number of amides is 1. The molecule has 1 N–H and O–H groups in total. The van der Waals surface area contributed by atoms with Crippen LogP contribution < -0.4 is 10.1 Å². The smallest absolute Gasteiger partial charge is 0.234 e. The summed E-state index contributed by atoms with van der Waals surface area (Å²) in [7, 11) is 1.63. The Hall–Kier alpha value is -3.39. The Kier molecular flexibility index (Phi) is 5.94. The molecule has 0 bridgehead atoms. The van der Waals surface area contributed by atoms with Gasteiger partial charge in [0.1, 0.15) is 17.1 Å². The summed E-state index contributed by atoms with van der Waals surface area (Å²) in [6, 6.07) is 15.4. The molecule has 4 rings (SSSR count). The molecule has 2 heterocycles. The van der Waals surface area contributed by atoms with Crippen LogP contribution in [0.25, 0.3) is 16.7 Å². The number of aromatic nitrogens is 4. The van der Waals surface area contributed by atoms with Crippen LogP contribution in [0.2, 0.25) is 0 Å². The molecule has 4 aromatic rings. The molecule has 0 spiro atoms. The monoisotopic (exact) mass is 419 g/mol. The standard InChI is InChI=1S/C22H21N5O2S/c1-3-15-6-4-5-7-19(15)26-20(28)13-30-22-18-12-25-27(21(18)23-14-24-22)16-8-10-17(29-2)11-9-16/h4-12,14H,3,13H2,1-2H3,(H,26,28). The van der Waals surface area contributed by atoms with Crippen molar-refractivity contribution < 1.29 is 9.53 Å². The Labute approximate surface area is 178 Å². The van der Waals surface area contributed by atoms with Crippen LogP contribution >= 0.6 is 11.8 Å². The van der Waals surface area contributed by atoms with Gasteiger partial charge in [0.25, 0.3) is 0 Å². The highest BCUT2D eigenvalue weighted by molar-refractivity contribution is 8.00. The molecule has 0 fully saturated rings. The van der Waals surface area contributed by atoms with Crippen LogP contribution in [-0.2, 0) is 11.2 Å². The van der Waals surface area contributed by atoms with Gasteiger partial charge < -0.3 is 10.1 Å². The quantitative estimate of drug-likeness (QED) is 0.358. The van der Waals surface area contributed by atoms with Crippen LogP contribution in [0.1, 0.15) is 12.5 Å². The molecule has 0 atom stereocenters. The number of nitrogens with one attached hydrogen (secondary N) is 1. The van der Waals surface area contributed by atoms with Gasteiger partial charge in [0.05, 0.1) is 30.1 Å². The number of aryl methyl sites for hydroxylation is 1. The molecule has 0 radical (unpaired) electrons. The zero-order valence-corrected chi connectivity index (χ0v) is 17.5. The number of anilines is 1. The van der Waals surface area contributed by atoms with Gasteiger partial charge in [0.2, 0.25) is 5.91 Å². The molecule has 0 aliphatic heterocycles. The van der Waals surface area contributed by atoms with Crippen LogP contribution in [0.3, 0.4) is 0 Å². The minimum absolute atomic E-state index is 0.0739. The van der Waals surface area contributed by atoms with Crippen molar-refractivity contribution in [1.82, 2.24) is 19.7 Å². The van der Waals surface area contributed by atoms with Crippen molar-refractivity contribution in [2.24, 2.45) is 0 Å². The number of fused-ring (bicyclic) bond motifs is 1. The number of para-hydroxylation sites is 1. The van der Waals surface area contributed by atoms with Crippen LogP contribution in [0.4, 0.5) is 5.69 Å². The summed E-state index contributed by atoms with van der Waals surface area (Å²) in [5.74, 6) is 0.949. The minimum atomic E-state index is -0.0739. The summed E-state index contributed by atoms with van der Waals surface area (Å²) in [5, 5.41) is 8.97. The topological polar surface area (TPSA) is 81.9 Å². The normalized spacial score (nSPS) is 10.9. The molecule has 0 aliphatic carbocycles. The molecule has 8 heteroatoms. The number of rotatable bonds is 7. The maximum absolute atomic E-state index is 12.5. The van der Waals surface area contributed by atoms with Crippen molar-refractivity contribution in [2.45, 2.75) is 18.4 Å². The van der Waals surface area contributed by atoms with E-state index in [4.69, 9.17) is 4.74 Å². The first-order valence-electron chi connectivity index (χ1n) is 9.53. The lowest BCUT2D eigenvalue weighted by molar-refractivity contribution is -0.113. The number of carbonyl (C=O) groups excluding carboxylic acids is 1. The van der Waals surface area contributed by atoms with E-state index in [0.29, 0.717) is 5.65 Å². The third-order valence-corrected chi connectivity index (χ3v) is 5.66. The third-order valence-electron chi connectivity index (χ3n) is 4.66. The van der Waals surface area contributed by atoms with Crippen LogP contribution in [0.15, 0.2) is 66.1 Å². The van der Waals surface area contributed by atoms with Gasteiger partial charge in [-0.1, -0.05) is 36.9 Å². The summed E-state index contributed by atoms with van der Waals surface area (Å²) in [5.41, 5.74) is 3.52. The fraction of sp³-hybridized carbons (Fsp3) is 0.182. The lowest BCUT2D eigenvalue weighted by atomic mass is 10.1. The highest BCUT2D eigenvalue weighted by Crippen LogP contribution is 2.26. The largest absolute Gasteiger partial charge is 0.497 e. The van der Waals surface area contributed by atoms with Gasteiger partial charge in [0, 0.05) is 5.69 Å². The van der Waals surface area contributed by atoms with Crippen molar-refractivity contribution in [3.05, 3.63) is 66.6 Å². The van der Waals surface area contributed by atoms with Crippen molar-refractivity contribution in [2.75, 3.05) is 18.2 Å². The van der Waals surface area contributed by atoms with Crippen LogP contribution in [0, 0.1) is 0 Å². The summed E-state index contributed by atoms with van der Waals surface area (Å²) >= 11 is 1.37. The molecular weight excluding hydrogens is 398 g/mol.